The molecule has 7 heteroatoms. The molecule has 0 heterocycles. The molecule has 0 aromatic carbocycles. The minimum atomic E-state index is -0.473. The third-order valence-electron chi connectivity index (χ3n) is 4.38. The zero-order chi connectivity index (χ0) is 26.7. The summed E-state index contributed by atoms with van der Waals surface area (Å²) >= 11 is 0. The average Bonchev–Trinajstić information content (AvgIpc) is 2.81. The molecule has 0 spiro atoms. The monoisotopic (exact) mass is 536 g/mol. The van der Waals surface area contributed by atoms with Crippen LogP contribution in [0.4, 0.5) is 4.79 Å². The van der Waals surface area contributed by atoms with Crippen molar-refractivity contribution in [2.45, 2.75) is 84.7 Å². The Bertz CT molecular complexity index is 708. The van der Waals surface area contributed by atoms with Crippen molar-refractivity contribution in [1.82, 2.24) is 10.6 Å². The van der Waals surface area contributed by atoms with E-state index in [-0.39, 0.29) is 12.0 Å². The Morgan fingerprint density at radius 3 is 1.69 bits per heavy atom. The van der Waals surface area contributed by atoms with Gasteiger partial charge in [-0.15, -0.1) is 0 Å². The molecule has 0 aliphatic carbocycles. The molecular weight excluding hydrogens is 488 g/mol. The van der Waals surface area contributed by atoms with Gasteiger partial charge in [0.05, 0.1) is 0 Å². The van der Waals surface area contributed by atoms with Crippen molar-refractivity contribution in [3.63, 3.8) is 0 Å². The lowest BCUT2D eigenvalue weighted by Gasteiger charge is -2.19. The van der Waals surface area contributed by atoms with Gasteiger partial charge in [0.15, 0.2) is 0 Å². The number of hydrogen-bond acceptors (Lipinski definition) is 5. The Labute approximate surface area is 228 Å². The van der Waals surface area contributed by atoms with Crippen LogP contribution in [0.15, 0.2) is 60.8 Å². The molecule has 0 aromatic rings. The van der Waals surface area contributed by atoms with E-state index in [2.05, 4.69) is 78.3 Å². The number of rotatable bonds is 20. The lowest BCUT2D eigenvalue weighted by atomic mass is 10.2. The number of nitrogens with one attached hydrogen (secondary N) is 2. The Morgan fingerprint density at radius 2 is 1.19 bits per heavy atom. The molecule has 0 saturated carbocycles. The van der Waals surface area contributed by atoms with Gasteiger partial charge in [-0.25, -0.2) is 4.79 Å². The van der Waals surface area contributed by atoms with Crippen LogP contribution in [0.2, 0.25) is 0 Å². The van der Waals surface area contributed by atoms with Gasteiger partial charge in [-0.05, 0) is 65.7 Å². The zero-order valence-corrected chi connectivity index (χ0v) is 24.4. The van der Waals surface area contributed by atoms with Gasteiger partial charge in [0.25, 0.3) is 0 Å². The van der Waals surface area contributed by atoms with E-state index in [1.54, 1.807) is 21.6 Å². The molecule has 0 saturated heterocycles. The average molecular weight is 537 g/mol. The smallest absolute Gasteiger partial charge is 0.407 e. The molecule has 0 aliphatic rings. The molecule has 0 radical (unpaired) electrons. The molecule has 0 atom stereocenters. The number of allylic oxidation sites excluding steroid dienone is 10. The van der Waals surface area contributed by atoms with Crippen LogP contribution < -0.4 is 10.6 Å². The zero-order valence-electron chi connectivity index (χ0n) is 22.8. The Morgan fingerprint density at radius 1 is 0.722 bits per heavy atom. The number of alkyl carbamates (subject to hydrolysis) is 1. The van der Waals surface area contributed by atoms with E-state index in [0.29, 0.717) is 19.5 Å². The van der Waals surface area contributed by atoms with Crippen LogP contribution in [0.3, 0.4) is 0 Å². The molecule has 0 bridgehead atoms. The first-order chi connectivity index (χ1) is 17.3. The minimum Gasteiger partial charge on any atom is -0.444 e. The molecule has 2 amide bonds. The van der Waals surface area contributed by atoms with Crippen molar-refractivity contribution in [3.8, 4) is 0 Å². The Kier molecular flexibility index (Phi) is 23.5. The van der Waals surface area contributed by atoms with E-state index in [1.165, 1.54) is 0 Å². The van der Waals surface area contributed by atoms with Crippen LogP contribution in [0.1, 0.15) is 79.1 Å². The molecule has 36 heavy (non-hydrogen) atoms. The maximum atomic E-state index is 11.9. The highest BCUT2D eigenvalue weighted by Crippen LogP contribution is 2.19. The molecule has 0 unspecified atom stereocenters. The van der Waals surface area contributed by atoms with Crippen molar-refractivity contribution < 1.29 is 14.3 Å². The van der Waals surface area contributed by atoms with Crippen LogP contribution in [-0.4, -0.2) is 42.2 Å². The van der Waals surface area contributed by atoms with E-state index in [1.807, 2.05) is 20.8 Å². The fraction of sp³-hybridized carbons (Fsp3) is 0.586. The van der Waals surface area contributed by atoms with Crippen molar-refractivity contribution in [2.75, 3.05) is 24.6 Å². The third kappa shape index (κ3) is 28.4. The molecular formula is C29H48N2O3S2. The summed E-state index contributed by atoms with van der Waals surface area (Å²) in [6, 6.07) is 0. The molecule has 204 valence electrons. The first-order valence-electron chi connectivity index (χ1n) is 13.1. The first kappa shape index (κ1) is 34.1. The van der Waals surface area contributed by atoms with Crippen LogP contribution in [0.25, 0.3) is 0 Å². The second kappa shape index (κ2) is 24.8. The van der Waals surface area contributed by atoms with E-state index < -0.39 is 5.60 Å². The van der Waals surface area contributed by atoms with Crippen LogP contribution in [0, 0.1) is 0 Å². The van der Waals surface area contributed by atoms with Gasteiger partial charge in [-0.1, -0.05) is 89.3 Å². The lowest BCUT2D eigenvalue weighted by molar-refractivity contribution is -0.121. The molecule has 0 fully saturated rings. The maximum absolute atomic E-state index is 11.9. The van der Waals surface area contributed by atoms with Gasteiger partial charge in [-0.3, -0.25) is 4.79 Å². The highest BCUT2D eigenvalue weighted by molar-refractivity contribution is 8.76. The largest absolute Gasteiger partial charge is 0.444 e. The number of amides is 2. The number of unbranched alkanes of at least 4 members (excludes halogenated alkanes) is 1. The normalized spacial score (nSPS) is 12.6. The van der Waals surface area contributed by atoms with E-state index >= 15 is 0 Å². The topological polar surface area (TPSA) is 67.4 Å². The van der Waals surface area contributed by atoms with Gasteiger partial charge in [0.1, 0.15) is 5.60 Å². The third-order valence-corrected chi connectivity index (χ3v) is 6.79. The second-order valence-corrected chi connectivity index (χ2v) is 11.7. The fourth-order valence-corrected chi connectivity index (χ4v) is 4.51. The maximum Gasteiger partial charge on any atom is 0.407 e. The summed E-state index contributed by atoms with van der Waals surface area (Å²) in [5.41, 5.74) is -0.473. The molecule has 0 aromatic heterocycles. The number of carbonyl (C=O) groups excluding carboxylic acids is 2. The summed E-state index contributed by atoms with van der Waals surface area (Å²) in [4.78, 5) is 23.4. The summed E-state index contributed by atoms with van der Waals surface area (Å²) in [5, 5.41) is 5.69. The van der Waals surface area contributed by atoms with Crippen LogP contribution in [0.5, 0.6) is 0 Å². The summed E-state index contributed by atoms with van der Waals surface area (Å²) in [6.07, 6.45) is 28.9. The predicted molar refractivity (Wildman–Crippen MR) is 160 cm³/mol. The molecule has 0 aliphatic heterocycles. The van der Waals surface area contributed by atoms with E-state index in [9.17, 15) is 9.59 Å². The van der Waals surface area contributed by atoms with Gasteiger partial charge in [0, 0.05) is 31.0 Å². The molecule has 5 nitrogen and oxygen atoms in total. The van der Waals surface area contributed by atoms with Gasteiger partial charge in [-0.2, -0.15) is 0 Å². The second-order valence-electron chi connectivity index (χ2n) is 9.02. The summed E-state index contributed by atoms with van der Waals surface area (Å²) < 4.78 is 5.18. The highest BCUT2D eigenvalue weighted by Gasteiger charge is 2.15. The minimum absolute atomic E-state index is 0.111. The number of carbonyl (C=O) groups is 2. The summed E-state index contributed by atoms with van der Waals surface area (Å²) in [6.45, 7) is 8.91. The number of hydrogen-bond donors (Lipinski definition) is 2. The summed E-state index contributed by atoms with van der Waals surface area (Å²) in [5.74, 6) is 1.75. The van der Waals surface area contributed by atoms with Gasteiger partial charge in [0.2, 0.25) is 5.91 Å². The standard InChI is InChI=1S/C29H48N2O3S2/c1-5-6-7-8-9-10-11-12-13-14-15-16-17-18-19-20-21-22-27(32)30-23-25-35-36-26-24-31-28(33)34-29(2,3)4/h6-7,9-10,12-13,15-16,18-19H,5,8,11,14,17,20-26H2,1-4H3,(H,30,32)(H,31,33). The Hall–Kier alpha value is -1.86. The highest BCUT2D eigenvalue weighted by atomic mass is 33.1. The van der Waals surface area contributed by atoms with Crippen molar-refractivity contribution in [1.29, 1.82) is 0 Å². The van der Waals surface area contributed by atoms with E-state index in [0.717, 1.165) is 56.5 Å². The first-order valence-corrected chi connectivity index (χ1v) is 15.6. The van der Waals surface area contributed by atoms with Crippen molar-refractivity contribution >= 4 is 33.6 Å². The quantitative estimate of drug-likeness (QED) is 0.0939. The number of ether oxygens (including phenoxy) is 1. The fourth-order valence-electron chi connectivity index (χ4n) is 2.70. The summed E-state index contributed by atoms with van der Waals surface area (Å²) in [7, 11) is 3.37. The van der Waals surface area contributed by atoms with E-state index in [4.69, 9.17) is 4.74 Å². The molecule has 0 rings (SSSR count). The van der Waals surface area contributed by atoms with Crippen molar-refractivity contribution in [3.05, 3.63) is 60.8 Å². The van der Waals surface area contributed by atoms with Crippen LogP contribution >= 0.6 is 21.6 Å². The SMILES string of the molecule is CCC=CCC=CCC=CCC=CCC=CCCCC(=O)NCCSSCCNC(=O)OC(C)(C)C. The van der Waals surface area contributed by atoms with Gasteiger partial charge >= 0.3 is 6.09 Å². The predicted octanol–water partition coefficient (Wildman–Crippen LogP) is 7.93. The van der Waals surface area contributed by atoms with Crippen molar-refractivity contribution in [2.24, 2.45) is 0 Å². The molecule has 2 N–H and O–H groups in total. The lowest BCUT2D eigenvalue weighted by Crippen LogP contribution is -2.33. The van der Waals surface area contributed by atoms with Crippen LogP contribution in [-0.2, 0) is 9.53 Å². The Balaban J connectivity index is 3.51. The van der Waals surface area contributed by atoms with Gasteiger partial charge < -0.3 is 15.4 Å².